The molecule has 0 radical (unpaired) electrons. The van der Waals surface area contributed by atoms with E-state index in [1.807, 2.05) is 19.2 Å². The molecule has 1 saturated carbocycles. The highest BCUT2D eigenvalue weighted by molar-refractivity contribution is 7.98. The first-order chi connectivity index (χ1) is 14.0. The van der Waals surface area contributed by atoms with E-state index >= 15 is 0 Å². The van der Waals surface area contributed by atoms with Crippen LogP contribution in [-0.4, -0.2) is 26.6 Å². The lowest BCUT2D eigenvalue weighted by molar-refractivity contribution is 0.0466. The van der Waals surface area contributed by atoms with Crippen molar-refractivity contribution in [3.8, 4) is 6.07 Å². The van der Waals surface area contributed by atoms with E-state index in [1.165, 1.54) is 22.2 Å². The second-order valence-electron chi connectivity index (χ2n) is 6.96. The molecule has 3 aromatic heterocycles. The third-order valence-electron chi connectivity index (χ3n) is 4.74. The molecule has 1 aliphatic rings. The molecule has 3 aromatic rings. The van der Waals surface area contributed by atoms with E-state index < -0.39 is 5.97 Å². The lowest BCUT2D eigenvalue weighted by atomic mass is 10.1. The van der Waals surface area contributed by atoms with Crippen LogP contribution >= 0.6 is 11.8 Å². The van der Waals surface area contributed by atoms with Crippen LogP contribution in [0.15, 0.2) is 40.3 Å². The van der Waals surface area contributed by atoms with Gasteiger partial charge in [-0.15, -0.1) is 11.8 Å². The summed E-state index contributed by atoms with van der Waals surface area (Å²) < 4.78 is 6.85. The maximum Gasteiger partial charge on any atom is 0.340 e. The minimum absolute atomic E-state index is 0.154. The third kappa shape index (κ3) is 3.87. The predicted octanol–water partition coefficient (Wildman–Crippen LogP) is 3.23. The summed E-state index contributed by atoms with van der Waals surface area (Å²) in [6.07, 6.45) is 5.60. The van der Waals surface area contributed by atoms with Crippen molar-refractivity contribution in [3.05, 3.63) is 68.9 Å². The van der Waals surface area contributed by atoms with E-state index in [0.29, 0.717) is 22.3 Å². The highest BCUT2D eigenvalue weighted by Crippen LogP contribution is 2.40. The van der Waals surface area contributed by atoms with Gasteiger partial charge < -0.3 is 4.74 Å². The number of carbonyl (C=O) groups is 1. The summed E-state index contributed by atoms with van der Waals surface area (Å²) in [5.74, 6) is -0.280. The Balaban J connectivity index is 1.61. The van der Waals surface area contributed by atoms with Gasteiger partial charge in [0.05, 0.1) is 16.8 Å². The number of aromatic nitrogens is 3. The van der Waals surface area contributed by atoms with Crippen LogP contribution in [0, 0.1) is 18.3 Å². The number of ether oxygens (including phenoxy) is 1. The van der Waals surface area contributed by atoms with Crippen molar-refractivity contribution in [2.75, 3.05) is 6.26 Å². The predicted molar refractivity (Wildman–Crippen MR) is 108 cm³/mol. The summed E-state index contributed by atoms with van der Waals surface area (Å²) in [5, 5.41) is 10.0. The van der Waals surface area contributed by atoms with Crippen molar-refractivity contribution in [1.82, 2.24) is 14.4 Å². The third-order valence-corrected chi connectivity index (χ3v) is 5.42. The maximum atomic E-state index is 12.7. The van der Waals surface area contributed by atoms with Crippen LogP contribution in [0.1, 0.15) is 51.6 Å². The quantitative estimate of drug-likeness (QED) is 0.474. The number of nitrogens with zero attached hydrogens (tertiary/aromatic N) is 4. The van der Waals surface area contributed by atoms with Crippen LogP contribution in [0.3, 0.4) is 0 Å². The number of hydrogen-bond acceptors (Lipinski definition) is 7. The lowest BCUT2D eigenvalue weighted by Gasteiger charge is -2.11. The molecular weight excluding hydrogens is 388 g/mol. The summed E-state index contributed by atoms with van der Waals surface area (Å²) in [6, 6.07) is 8.67. The Kier molecular flexibility index (Phi) is 5.07. The van der Waals surface area contributed by atoms with Crippen LogP contribution in [-0.2, 0) is 11.3 Å². The molecule has 0 saturated heterocycles. The molecule has 0 aliphatic heterocycles. The van der Waals surface area contributed by atoms with Gasteiger partial charge in [0.2, 0.25) is 0 Å². The van der Waals surface area contributed by atoms with Gasteiger partial charge in [0.1, 0.15) is 23.3 Å². The molecule has 0 N–H and O–H groups in total. The molecule has 29 heavy (non-hydrogen) atoms. The molecule has 0 atom stereocenters. The van der Waals surface area contributed by atoms with Crippen molar-refractivity contribution >= 4 is 23.4 Å². The van der Waals surface area contributed by atoms with Gasteiger partial charge in [-0.25, -0.2) is 14.8 Å². The number of rotatable bonds is 5. The van der Waals surface area contributed by atoms with Crippen LogP contribution in [0.2, 0.25) is 0 Å². The Labute approximate surface area is 171 Å². The van der Waals surface area contributed by atoms with E-state index in [0.717, 1.165) is 24.1 Å². The Hall–Kier alpha value is -3.18. The molecule has 1 aliphatic carbocycles. The monoisotopic (exact) mass is 406 g/mol. The molecule has 0 aromatic carbocycles. The molecule has 4 rings (SSSR count). The first kappa shape index (κ1) is 19.2. The molecular formula is C21H18N4O3S. The number of nitriles is 1. The topological polar surface area (TPSA) is 97.3 Å². The van der Waals surface area contributed by atoms with Crippen molar-refractivity contribution in [3.63, 3.8) is 0 Å². The summed E-state index contributed by atoms with van der Waals surface area (Å²) in [6.45, 7) is 1.74. The van der Waals surface area contributed by atoms with Gasteiger partial charge in [-0.1, -0.05) is 6.07 Å². The van der Waals surface area contributed by atoms with E-state index in [9.17, 15) is 14.9 Å². The van der Waals surface area contributed by atoms with Crippen LogP contribution in [0.5, 0.6) is 0 Å². The SMILES string of the molecule is CSc1nc(C2CC2)cc(C(=O)OCc2cc(=O)n3cc(C)ccc3n2)c1C#N. The number of pyridine rings is 2. The number of hydrogen-bond donors (Lipinski definition) is 0. The highest BCUT2D eigenvalue weighted by Gasteiger charge is 2.29. The zero-order valence-electron chi connectivity index (χ0n) is 16.0. The number of carbonyl (C=O) groups excluding carboxylic acids is 1. The Morgan fingerprint density at radius 1 is 1.34 bits per heavy atom. The molecule has 1 fully saturated rings. The zero-order valence-corrected chi connectivity index (χ0v) is 16.8. The van der Waals surface area contributed by atoms with Gasteiger partial charge in [-0.2, -0.15) is 5.26 Å². The molecule has 0 spiro atoms. The first-order valence-corrected chi connectivity index (χ1v) is 10.4. The molecule has 0 unspecified atom stereocenters. The number of aryl methyl sites for hydroxylation is 1. The van der Waals surface area contributed by atoms with Gasteiger partial charge in [0.15, 0.2) is 0 Å². The van der Waals surface area contributed by atoms with Crippen LogP contribution in [0.4, 0.5) is 0 Å². The zero-order chi connectivity index (χ0) is 20.5. The van der Waals surface area contributed by atoms with Crippen LogP contribution < -0.4 is 5.56 Å². The minimum atomic E-state index is -0.618. The summed E-state index contributed by atoms with van der Waals surface area (Å²) in [4.78, 5) is 33.9. The maximum absolute atomic E-state index is 12.7. The smallest absolute Gasteiger partial charge is 0.340 e. The van der Waals surface area contributed by atoms with Gasteiger partial charge in [0, 0.05) is 23.9 Å². The van der Waals surface area contributed by atoms with E-state index in [-0.39, 0.29) is 23.3 Å². The minimum Gasteiger partial charge on any atom is -0.456 e. The average molecular weight is 406 g/mol. The van der Waals surface area contributed by atoms with E-state index in [4.69, 9.17) is 4.74 Å². The van der Waals surface area contributed by atoms with Gasteiger partial charge in [-0.05, 0) is 43.7 Å². The summed E-state index contributed by atoms with van der Waals surface area (Å²) in [7, 11) is 0. The number of thioether (sulfide) groups is 1. The highest BCUT2D eigenvalue weighted by atomic mass is 32.2. The number of fused-ring (bicyclic) bond motifs is 1. The van der Waals surface area contributed by atoms with Crippen LogP contribution in [0.25, 0.3) is 5.65 Å². The van der Waals surface area contributed by atoms with Gasteiger partial charge in [0.25, 0.3) is 5.56 Å². The average Bonchev–Trinajstić information content (AvgIpc) is 3.57. The first-order valence-electron chi connectivity index (χ1n) is 9.15. The Morgan fingerprint density at radius 3 is 2.83 bits per heavy atom. The van der Waals surface area contributed by atoms with Crippen molar-refractivity contribution in [2.24, 2.45) is 0 Å². The fourth-order valence-electron chi connectivity index (χ4n) is 3.10. The van der Waals surface area contributed by atoms with E-state index in [2.05, 4.69) is 16.0 Å². The molecule has 8 heteroatoms. The Bertz CT molecular complexity index is 1230. The van der Waals surface area contributed by atoms with Crippen molar-refractivity contribution in [1.29, 1.82) is 5.26 Å². The fourth-order valence-corrected chi connectivity index (χ4v) is 3.65. The molecule has 0 bridgehead atoms. The standard InChI is InChI=1S/C21H18N4O3S/c1-12-3-6-18-23-14(7-19(26)25(18)10-12)11-28-21(27)15-8-17(13-4-5-13)24-20(29-2)16(15)9-22/h3,6-8,10,13H,4-5,11H2,1-2H3. The summed E-state index contributed by atoms with van der Waals surface area (Å²) in [5.41, 5.74) is 2.78. The lowest BCUT2D eigenvalue weighted by Crippen LogP contribution is -2.17. The second kappa shape index (κ2) is 7.68. The largest absolute Gasteiger partial charge is 0.456 e. The fraction of sp³-hybridized carbons (Fsp3) is 0.286. The molecule has 0 amide bonds. The number of esters is 1. The summed E-state index contributed by atoms with van der Waals surface area (Å²) >= 11 is 1.33. The van der Waals surface area contributed by atoms with Gasteiger partial charge >= 0.3 is 5.97 Å². The molecule has 146 valence electrons. The normalized spacial score (nSPS) is 13.3. The second-order valence-corrected chi connectivity index (χ2v) is 7.76. The van der Waals surface area contributed by atoms with Gasteiger partial charge in [-0.3, -0.25) is 9.20 Å². The molecule has 3 heterocycles. The van der Waals surface area contributed by atoms with Crippen molar-refractivity contribution in [2.45, 2.75) is 37.3 Å². The molecule has 7 nitrogen and oxygen atoms in total. The van der Waals surface area contributed by atoms with Crippen molar-refractivity contribution < 1.29 is 9.53 Å². The Morgan fingerprint density at radius 2 is 2.14 bits per heavy atom. The van der Waals surface area contributed by atoms with E-state index in [1.54, 1.807) is 18.3 Å².